The zero-order valence-corrected chi connectivity index (χ0v) is 10.3. The molecule has 0 unspecified atom stereocenters. The van der Waals surface area contributed by atoms with Crippen molar-refractivity contribution in [2.75, 3.05) is 5.73 Å². The topological polar surface area (TPSA) is 64.9 Å². The summed E-state index contributed by atoms with van der Waals surface area (Å²) in [7, 11) is 0. The van der Waals surface area contributed by atoms with E-state index in [1.54, 1.807) is 0 Å². The van der Waals surface area contributed by atoms with Crippen LogP contribution in [0.25, 0.3) is 11.5 Å². The molecule has 0 atom stereocenters. The fraction of sp³-hybridized carbons (Fsp3) is 0.0667. The lowest BCUT2D eigenvalue weighted by Gasteiger charge is -1.95. The Morgan fingerprint density at radius 2 is 1.84 bits per heavy atom. The molecule has 0 saturated heterocycles. The molecule has 2 N–H and O–H groups in total. The van der Waals surface area contributed by atoms with Gasteiger partial charge in [0.25, 0.3) is 5.89 Å². The van der Waals surface area contributed by atoms with Gasteiger partial charge in [-0.3, -0.25) is 0 Å². The summed E-state index contributed by atoms with van der Waals surface area (Å²) < 4.78 is 5.26. The molecule has 0 aliphatic heterocycles. The third-order valence-corrected chi connectivity index (χ3v) is 2.81. The summed E-state index contributed by atoms with van der Waals surface area (Å²) in [5, 5.41) is 3.99. The van der Waals surface area contributed by atoms with E-state index in [0.29, 0.717) is 23.8 Å². The van der Waals surface area contributed by atoms with Crippen LogP contribution in [0.4, 0.5) is 5.69 Å². The second kappa shape index (κ2) is 4.94. The van der Waals surface area contributed by atoms with Gasteiger partial charge in [-0.05, 0) is 23.8 Å². The van der Waals surface area contributed by atoms with Gasteiger partial charge in [-0.1, -0.05) is 41.6 Å². The SMILES string of the molecule is Nc1cccc(-c2nc(Cc3ccccc3)no2)c1. The normalized spacial score (nSPS) is 10.5. The van der Waals surface area contributed by atoms with Crippen molar-refractivity contribution in [3.63, 3.8) is 0 Å². The van der Waals surface area contributed by atoms with E-state index in [0.717, 1.165) is 11.1 Å². The van der Waals surface area contributed by atoms with Crippen molar-refractivity contribution in [3.05, 3.63) is 66.0 Å². The fourth-order valence-corrected chi connectivity index (χ4v) is 1.89. The Morgan fingerprint density at radius 1 is 1.00 bits per heavy atom. The van der Waals surface area contributed by atoms with Crippen LogP contribution < -0.4 is 5.73 Å². The first-order valence-electron chi connectivity index (χ1n) is 6.04. The Balaban J connectivity index is 1.84. The number of nitrogens with zero attached hydrogens (tertiary/aromatic N) is 2. The lowest BCUT2D eigenvalue weighted by atomic mass is 10.1. The Kier molecular flexibility index (Phi) is 2.98. The summed E-state index contributed by atoms with van der Waals surface area (Å²) in [6.07, 6.45) is 0.659. The number of nitrogen functional groups attached to an aromatic ring is 1. The van der Waals surface area contributed by atoms with E-state index >= 15 is 0 Å². The first kappa shape index (κ1) is 11.5. The first-order valence-corrected chi connectivity index (χ1v) is 6.04. The van der Waals surface area contributed by atoms with Crippen LogP contribution in [0.15, 0.2) is 59.1 Å². The zero-order chi connectivity index (χ0) is 13.1. The highest BCUT2D eigenvalue weighted by Crippen LogP contribution is 2.20. The average Bonchev–Trinajstić information content (AvgIpc) is 2.88. The first-order chi connectivity index (χ1) is 9.31. The maximum Gasteiger partial charge on any atom is 0.258 e. The van der Waals surface area contributed by atoms with Crippen molar-refractivity contribution < 1.29 is 4.52 Å². The maximum absolute atomic E-state index is 5.74. The van der Waals surface area contributed by atoms with Gasteiger partial charge in [-0.2, -0.15) is 4.98 Å². The predicted molar refractivity (Wildman–Crippen MR) is 73.4 cm³/mol. The Morgan fingerprint density at radius 3 is 2.63 bits per heavy atom. The molecule has 0 spiro atoms. The van der Waals surface area contributed by atoms with E-state index in [4.69, 9.17) is 10.3 Å². The van der Waals surface area contributed by atoms with Gasteiger partial charge >= 0.3 is 0 Å². The summed E-state index contributed by atoms with van der Waals surface area (Å²) in [6.45, 7) is 0. The molecule has 94 valence electrons. The fourth-order valence-electron chi connectivity index (χ4n) is 1.89. The molecule has 4 heteroatoms. The second-order valence-corrected chi connectivity index (χ2v) is 4.30. The van der Waals surface area contributed by atoms with Crippen LogP contribution in [-0.4, -0.2) is 10.1 Å². The molecule has 0 saturated carbocycles. The Bertz CT molecular complexity index is 677. The molecule has 0 aliphatic carbocycles. The molecule has 0 aliphatic rings. The van der Waals surface area contributed by atoms with Gasteiger partial charge in [0, 0.05) is 17.7 Å². The molecule has 19 heavy (non-hydrogen) atoms. The van der Waals surface area contributed by atoms with E-state index in [9.17, 15) is 0 Å². The quantitative estimate of drug-likeness (QED) is 0.727. The van der Waals surface area contributed by atoms with E-state index in [2.05, 4.69) is 10.1 Å². The molecular weight excluding hydrogens is 238 g/mol. The van der Waals surface area contributed by atoms with Gasteiger partial charge in [-0.15, -0.1) is 0 Å². The third kappa shape index (κ3) is 2.63. The van der Waals surface area contributed by atoms with Gasteiger partial charge in [0.05, 0.1) is 0 Å². The molecule has 0 amide bonds. The van der Waals surface area contributed by atoms with Crippen LogP contribution in [0.2, 0.25) is 0 Å². The molecule has 3 rings (SSSR count). The van der Waals surface area contributed by atoms with E-state index < -0.39 is 0 Å². The van der Waals surface area contributed by atoms with Gasteiger partial charge in [0.1, 0.15) is 0 Å². The summed E-state index contributed by atoms with van der Waals surface area (Å²) in [6, 6.07) is 17.5. The van der Waals surface area contributed by atoms with Gasteiger partial charge in [0.15, 0.2) is 5.82 Å². The summed E-state index contributed by atoms with van der Waals surface area (Å²) in [5.74, 6) is 1.17. The van der Waals surface area contributed by atoms with Crippen LogP contribution in [0, 0.1) is 0 Å². The minimum atomic E-state index is 0.498. The minimum Gasteiger partial charge on any atom is -0.399 e. The number of aromatic nitrogens is 2. The Labute approximate surface area is 110 Å². The number of hydrogen-bond donors (Lipinski definition) is 1. The van der Waals surface area contributed by atoms with Gasteiger partial charge in [-0.25, -0.2) is 0 Å². The van der Waals surface area contributed by atoms with E-state index in [1.807, 2.05) is 54.6 Å². The zero-order valence-electron chi connectivity index (χ0n) is 10.3. The number of hydrogen-bond acceptors (Lipinski definition) is 4. The van der Waals surface area contributed by atoms with Crippen molar-refractivity contribution in [1.29, 1.82) is 0 Å². The van der Waals surface area contributed by atoms with Crippen LogP contribution in [0.1, 0.15) is 11.4 Å². The van der Waals surface area contributed by atoms with Crippen LogP contribution >= 0.6 is 0 Å². The van der Waals surface area contributed by atoms with Crippen molar-refractivity contribution in [2.24, 2.45) is 0 Å². The summed E-state index contributed by atoms with van der Waals surface area (Å²) >= 11 is 0. The molecule has 0 bridgehead atoms. The minimum absolute atomic E-state index is 0.498. The highest BCUT2D eigenvalue weighted by molar-refractivity contribution is 5.59. The molecule has 2 aromatic carbocycles. The molecule has 0 fully saturated rings. The second-order valence-electron chi connectivity index (χ2n) is 4.30. The highest BCUT2D eigenvalue weighted by Gasteiger charge is 2.09. The highest BCUT2D eigenvalue weighted by atomic mass is 16.5. The van der Waals surface area contributed by atoms with Crippen molar-refractivity contribution >= 4 is 5.69 Å². The van der Waals surface area contributed by atoms with Crippen LogP contribution in [0.3, 0.4) is 0 Å². The predicted octanol–water partition coefficient (Wildman–Crippen LogP) is 2.91. The van der Waals surface area contributed by atoms with Crippen LogP contribution in [-0.2, 0) is 6.42 Å². The molecule has 0 radical (unpaired) electrons. The summed E-state index contributed by atoms with van der Waals surface area (Å²) in [4.78, 5) is 4.38. The smallest absolute Gasteiger partial charge is 0.258 e. The number of anilines is 1. The van der Waals surface area contributed by atoms with E-state index in [-0.39, 0.29) is 0 Å². The Hall–Kier alpha value is -2.62. The number of benzene rings is 2. The largest absolute Gasteiger partial charge is 0.399 e. The lowest BCUT2D eigenvalue weighted by Crippen LogP contribution is -1.90. The summed E-state index contributed by atoms with van der Waals surface area (Å²) in [5.41, 5.74) is 8.41. The number of nitrogens with two attached hydrogens (primary N) is 1. The van der Waals surface area contributed by atoms with E-state index in [1.165, 1.54) is 0 Å². The average molecular weight is 251 g/mol. The van der Waals surface area contributed by atoms with Crippen LogP contribution in [0.5, 0.6) is 0 Å². The molecular formula is C15H13N3O. The third-order valence-electron chi connectivity index (χ3n) is 2.81. The van der Waals surface area contributed by atoms with Gasteiger partial charge < -0.3 is 10.3 Å². The monoisotopic (exact) mass is 251 g/mol. The van der Waals surface area contributed by atoms with Gasteiger partial charge in [0.2, 0.25) is 0 Å². The molecule has 1 heterocycles. The van der Waals surface area contributed by atoms with Crippen molar-refractivity contribution in [2.45, 2.75) is 6.42 Å². The molecule has 1 aromatic heterocycles. The van der Waals surface area contributed by atoms with Crippen molar-refractivity contribution in [1.82, 2.24) is 10.1 Å². The lowest BCUT2D eigenvalue weighted by molar-refractivity contribution is 0.424. The standard InChI is InChI=1S/C15H13N3O/c16-13-8-4-7-12(10-13)15-17-14(18-19-15)9-11-5-2-1-3-6-11/h1-8,10H,9,16H2. The number of rotatable bonds is 3. The molecule has 3 aromatic rings. The maximum atomic E-state index is 5.74. The van der Waals surface area contributed by atoms with Crippen molar-refractivity contribution in [3.8, 4) is 11.5 Å². The molecule has 4 nitrogen and oxygen atoms in total.